The van der Waals surface area contributed by atoms with Crippen molar-refractivity contribution >= 4 is 103 Å². The molecule has 12 rings (SSSR count). The zero-order chi connectivity index (χ0) is 36.7. The molecule has 4 heteroatoms. The van der Waals surface area contributed by atoms with Gasteiger partial charge in [-0.15, -0.1) is 11.3 Å². The number of hydrogen-bond acceptors (Lipinski definition) is 3. The molecular formula is C52H34N2OS. The lowest BCUT2D eigenvalue weighted by Crippen LogP contribution is -2.30. The zero-order valence-corrected chi connectivity index (χ0v) is 31.2. The predicted molar refractivity (Wildman–Crippen MR) is 239 cm³/mol. The van der Waals surface area contributed by atoms with Gasteiger partial charge in [0.25, 0.3) is 0 Å². The van der Waals surface area contributed by atoms with E-state index in [1.165, 1.54) is 69.6 Å². The molecule has 0 saturated carbocycles. The number of anilines is 2. The molecule has 8 aromatic carbocycles. The van der Waals surface area contributed by atoms with Gasteiger partial charge in [-0.1, -0.05) is 121 Å². The third kappa shape index (κ3) is 4.83. The van der Waals surface area contributed by atoms with Crippen molar-refractivity contribution in [2.45, 2.75) is 12.5 Å². The first-order valence-electron chi connectivity index (χ1n) is 19.3. The first-order valence-corrected chi connectivity index (χ1v) is 20.1. The van der Waals surface area contributed by atoms with Crippen LogP contribution in [-0.4, -0.2) is 10.6 Å². The Bertz CT molecular complexity index is 3300. The van der Waals surface area contributed by atoms with Crippen LogP contribution in [0.15, 0.2) is 193 Å². The summed E-state index contributed by atoms with van der Waals surface area (Å²) in [5.41, 5.74) is 10.2. The fourth-order valence-electron chi connectivity index (χ4n) is 9.10. The first-order chi connectivity index (χ1) is 27.7. The van der Waals surface area contributed by atoms with Crippen LogP contribution in [0, 0.1) is 0 Å². The monoisotopic (exact) mass is 734 g/mol. The summed E-state index contributed by atoms with van der Waals surface area (Å²) >= 11 is 1.86. The molecular weight excluding hydrogens is 701 g/mol. The Morgan fingerprint density at radius 1 is 0.536 bits per heavy atom. The molecule has 0 aliphatic heterocycles. The van der Waals surface area contributed by atoms with Gasteiger partial charge >= 0.3 is 0 Å². The molecule has 0 amide bonds. The van der Waals surface area contributed by atoms with Gasteiger partial charge in [0.15, 0.2) is 0 Å². The summed E-state index contributed by atoms with van der Waals surface area (Å²) in [6, 6.07) is 61.9. The van der Waals surface area contributed by atoms with Gasteiger partial charge in [0.2, 0.25) is 0 Å². The van der Waals surface area contributed by atoms with Gasteiger partial charge in [-0.05, 0) is 89.0 Å². The van der Waals surface area contributed by atoms with Gasteiger partial charge < -0.3 is 13.9 Å². The summed E-state index contributed by atoms with van der Waals surface area (Å²) < 4.78 is 11.4. The lowest BCUT2D eigenvalue weighted by Gasteiger charge is -2.33. The molecule has 0 N–H and O–H groups in total. The van der Waals surface area contributed by atoms with Gasteiger partial charge in [0.05, 0.1) is 17.1 Å². The highest BCUT2D eigenvalue weighted by molar-refractivity contribution is 7.25. The molecule has 11 aromatic rings. The van der Waals surface area contributed by atoms with Crippen LogP contribution < -0.4 is 4.90 Å². The van der Waals surface area contributed by atoms with Crippen molar-refractivity contribution < 1.29 is 4.42 Å². The number of rotatable bonds is 5. The van der Waals surface area contributed by atoms with Crippen LogP contribution in [0.5, 0.6) is 0 Å². The highest BCUT2D eigenvalue weighted by Crippen LogP contribution is 2.42. The molecule has 1 unspecified atom stereocenters. The number of furan rings is 1. The van der Waals surface area contributed by atoms with E-state index < -0.39 is 0 Å². The number of fused-ring (bicyclic) bond motifs is 11. The smallest absolute Gasteiger partial charge is 0.137 e. The maximum atomic E-state index is 6.40. The molecule has 0 radical (unpaired) electrons. The van der Waals surface area contributed by atoms with Crippen LogP contribution in [0.25, 0.3) is 85.9 Å². The number of para-hydroxylation sites is 2. The van der Waals surface area contributed by atoms with Crippen molar-refractivity contribution in [3.63, 3.8) is 0 Å². The second-order valence-electron chi connectivity index (χ2n) is 14.8. The zero-order valence-electron chi connectivity index (χ0n) is 30.4. The third-order valence-corrected chi connectivity index (χ3v) is 12.8. The standard InChI is InChI=1S/C52H34N2OS/c1-2-10-40-35(9-1)21-30-47-52(40)45-13-3-6-14-46(45)54(47)37-24-19-34(20-25-37)33-17-22-36(23-18-33)53(38-26-28-42-41-11-4-7-15-48(41)55-49(42)31-38)39-27-29-44-43-12-5-8-16-50(43)56-51(44)32-39/h1-22,24-32,36H,23H2. The van der Waals surface area contributed by atoms with Gasteiger partial charge in [-0.25, -0.2) is 0 Å². The minimum atomic E-state index is 0.124. The topological polar surface area (TPSA) is 21.3 Å². The second-order valence-corrected chi connectivity index (χ2v) is 15.9. The quantitative estimate of drug-likeness (QED) is 0.176. The molecule has 0 spiro atoms. The van der Waals surface area contributed by atoms with E-state index in [2.05, 4.69) is 191 Å². The molecule has 3 aromatic heterocycles. The Kier molecular flexibility index (Phi) is 6.92. The van der Waals surface area contributed by atoms with Crippen LogP contribution in [0.2, 0.25) is 0 Å². The second kappa shape index (κ2) is 12.3. The maximum absolute atomic E-state index is 6.40. The number of hydrogen-bond donors (Lipinski definition) is 0. The number of aromatic nitrogens is 1. The van der Waals surface area contributed by atoms with Crippen molar-refractivity contribution in [1.29, 1.82) is 0 Å². The van der Waals surface area contributed by atoms with E-state index in [0.29, 0.717) is 0 Å². The highest BCUT2D eigenvalue weighted by atomic mass is 32.1. The van der Waals surface area contributed by atoms with Crippen LogP contribution in [0.4, 0.5) is 11.4 Å². The first kappa shape index (κ1) is 31.5. The molecule has 0 bridgehead atoms. The Hall–Kier alpha value is -6.88. The lowest BCUT2D eigenvalue weighted by molar-refractivity contribution is 0.668. The molecule has 3 heterocycles. The highest BCUT2D eigenvalue weighted by Gasteiger charge is 2.23. The molecule has 1 atom stereocenters. The van der Waals surface area contributed by atoms with Gasteiger partial charge in [0.1, 0.15) is 11.2 Å². The molecule has 0 saturated heterocycles. The van der Waals surface area contributed by atoms with Crippen molar-refractivity contribution in [2.75, 3.05) is 4.90 Å². The Balaban J connectivity index is 0.910. The summed E-state index contributed by atoms with van der Waals surface area (Å²) in [4.78, 5) is 2.48. The van der Waals surface area contributed by atoms with Crippen LogP contribution in [0.1, 0.15) is 12.0 Å². The minimum Gasteiger partial charge on any atom is -0.456 e. The number of benzene rings is 8. The Morgan fingerprint density at radius 2 is 1.23 bits per heavy atom. The Labute approximate surface area is 327 Å². The van der Waals surface area contributed by atoms with Crippen molar-refractivity contribution in [2.24, 2.45) is 0 Å². The van der Waals surface area contributed by atoms with Gasteiger partial charge in [-0.2, -0.15) is 0 Å². The van der Waals surface area contributed by atoms with E-state index in [4.69, 9.17) is 4.42 Å². The summed E-state index contributed by atoms with van der Waals surface area (Å²) in [7, 11) is 0. The normalized spacial score (nSPS) is 14.6. The largest absolute Gasteiger partial charge is 0.456 e. The maximum Gasteiger partial charge on any atom is 0.137 e. The van der Waals surface area contributed by atoms with E-state index in [1.807, 2.05) is 17.4 Å². The summed E-state index contributed by atoms with van der Waals surface area (Å²) in [6.45, 7) is 0. The molecule has 264 valence electrons. The lowest BCUT2D eigenvalue weighted by atomic mass is 9.95. The third-order valence-electron chi connectivity index (χ3n) is 11.7. The van der Waals surface area contributed by atoms with Crippen LogP contribution >= 0.6 is 11.3 Å². The van der Waals surface area contributed by atoms with Gasteiger partial charge in [0, 0.05) is 64.8 Å². The van der Waals surface area contributed by atoms with Crippen molar-refractivity contribution in [1.82, 2.24) is 4.57 Å². The number of allylic oxidation sites excluding steroid dienone is 2. The molecule has 56 heavy (non-hydrogen) atoms. The van der Waals surface area contributed by atoms with E-state index in [0.717, 1.165) is 39.7 Å². The van der Waals surface area contributed by atoms with E-state index >= 15 is 0 Å². The van der Waals surface area contributed by atoms with Crippen molar-refractivity contribution in [3.05, 3.63) is 194 Å². The number of thiophene rings is 1. The molecule has 3 nitrogen and oxygen atoms in total. The van der Waals surface area contributed by atoms with E-state index in [-0.39, 0.29) is 6.04 Å². The van der Waals surface area contributed by atoms with E-state index in [9.17, 15) is 0 Å². The SMILES string of the molecule is C1=CC(N(c2ccc3c(c2)oc2ccccc23)c2ccc3c(c2)sc2ccccc23)CC=C1c1ccc(-n2c3ccccc3c3c4ccccc4ccc32)cc1. The van der Waals surface area contributed by atoms with Crippen LogP contribution in [0.3, 0.4) is 0 Å². The minimum absolute atomic E-state index is 0.124. The van der Waals surface area contributed by atoms with Gasteiger partial charge in [-0.3, -0.25) is 0 Å². The predicted octanol–water partition coefficient (Wildman–Crippen LogP) is 14.8. The summed E-state index contributed by atoms with van der Waals surface area (Å²) in [5.74, 6) is 0. The summed E-state index contributed by atoms with van der Waals surface area (Å²) in [6.07, 6.45) is 7.95. The van der Waals surface area contributed by atoms with E-state index in [1.54, 1.807) is 0 Å². The summed E-state index contributed by atoms with van der Waals surface area (Å²) in [5, 5.41) is 10.1. The van der Waals surface area contributed by atoms with Crippen LogP contribution in [-0.2, 0) is 0 Å². The van der Waals surface area contributed by atoms with Crippen molar-refractivity contribution in [3.8, 4) is 5.69 Å². The molecule has 0 fully saturated rings. The fourth-order valence-corrected chi connectivity index (χ4v) is 10.2. The average Bonchev–Trinajstić information content (AvgIpc) is 3.93. The molecule has 1 aliphatic carbocycles. The molecule has 1 aliphatic rings. The fraction of sp³-hybridized carbons (Fsp3) is 0.0385. The Morgan fingerprint density at radius 3 is 2.09 bits per heavy atom. The average molecular weight is 735 g/mol. The number of nitrogens with zero attached hydrogens (tertiary/aromatic N) is 2.